The predicted molar refractivity (Wildman–Crippen MR) is 46.1 cm³/mol. The van der Waals surface area contributed by atoms with E-state index in [2.05, 4.69) is 20.9 Å². The lowest BCUT2D eigenvalue weighted by Gasteiger charge is -2.04. The van der Waals surface area contributed by atoms with Crippen molar-refractivity contribution in [1.82, 2.24) is 4.98 Å². The number of primary amides is 1. The highest BCUT2D eigenvalue weighted by atomic mass is 79.9. The van der Waals surface area contributed by atoms with Crippen molar-refractivity contribution in [2.24, 2.45) is 5.73 Å². The van der Waals surface area contributed by atoms with Crippen molar-refractivity contribution in [3.63, 3.8) is 0 Å². The predicted octanol–water partition coefficient (Wildman–Crippen LogP) is 0.363. The minimum atomic E-state index is -1.32. The highest BCUT2D eigenvalue weighted by molar-refractivity contribution is 9.10. The summed E-state index contributed by atoms with van der Waals surface area (Å²) >= 11 is 3.17. The Labute approximate surface area is 77.5 Å². The normalized spacial score (nSPS) is 12.5. The third kappa shape index (κ3) is 2.02. The molecule has 0 aliphatic heterocycles. The Balaban J connectivity index is 2.89. The Kier molecular flexibility index (Phi) is 2.78. The number of aliphatic hydroxyl groups excluding tert-OH is 1. The molecule has 1 atom stereocenters. The number of halogens is 1. The van der Waals surface area contributed by atoms with Crippen molar-refractivity contribution in [3.8, 4) is 0 Å². The quantitative estimate of drug-likeness (QED) is 0.771. The van der Waals surface area contributed by atoms with Crippen molar-refractivity contribution < 1.29 is 9.90 Å². The van der Waals surface area contributed by atoms with Gasteiger partial charge in [0.05, 0.1) is 5.69 Å². The molecule has 0 bridgehead atoms. The van der Waals surface area contributed by atoms with Crippen molar-refractivity contribution >= 4 is 21.8 Å². The first kappa shape index (κ1) is 9.15. The van der Waals surface area contributed by atoms with Gasteiger partial charge in [0, 0.05) is 10.7 Å². The van der Waals surface area contributed by atoms with E-state index < -0.39 is 12.0 Å². The maximum Gasteiger partial charge on any atom is 0.252 e. The zero-order chi connectivity index (χ0) is 9.14. The molecule has 1 aromatic rings. The number of pyridine rings is 1. The number of aromatic nitrogens is 1. The third-order valence-electron chi connectivity index (χ3n) is 1.30. The van der Waals surface area contributed by atoms with E-state index in [0.29, 0.717) is 0 Å². The number of hydrogen-bond acceptors (Lipinski definition) is 3. The van der Waals surface area contributed by atoms with Gasteiger partial charge in [0.1, 0.15) is 0 Å². The summed E-state index contributed by atoms with van der Waals surface area (Å²) in [6, 6.07) is 3.20. The molecule has 12 heavy (non-hydrogen) atoms. The van der Waals surface area contributed by atoms with Crippen LogP contribution in [0.3, 0.4) is 0 Å². The Bertz CT molecular complexity index is 286. The molecule has 0 aliphatic carbocycles. The van der Waals surface area contributed by atoms with E-state index in [-0.39, 0.29) is 5.69 Å². The van der Waals surface area contributed by atoms with Gasteiger partial charge < -0.3 is 10.8 Å². The van der Waals surface area contributed by atoms with Crippen LogP contribution in [0.1, 0.15) is 11.8 Å². The van der Waals surface area contributed by atoms with Crippen molar-refractivity contribution in [2.45, 2.75) is 6.10 Å². The number of amides is 1. The fourth-order valence-corrected chi connectivity index (χ4v) is 0.929. The second kappa shape index (κ2) is 3.64. The van der Waals surface area contributed by atoms with Crippen LogP contribution >= 0.6 is 15.9 Å². The van der Waals surface area contributed by atoms with E-state index in [4.69, 9.17) is 10.8 Å². The minimum absolute atomic E-state index is 0.255. The summed E-state index contributed by atoms with van der Waals surface area (Å²) in [6.07, 6.45) is 0.166. The summed E-state index contributed by atoms with van der Waals surface area (Å²) in [5, 5.41) is 9.14. The lowest BCUT2D eigenvalue weighted by molar-refractivity contribution is -0.126. The molecular weight excluding hydrogens is 224 g/mol. The van der Waals surface area contributed by atoms with Crippen LogP contribution in [0, 0.1) is 0 Å². The summed E-state index contributed by atoms with van der Waals surface area (Å²) in [4.78, 5) is 14.3. The molecule has 1 rings (SSSR count). The standard InChI is InChI=1S/C7H7BrN2O2/c8-4-1-2-5(10-3-4)6(11)7(9)12/h1-3,6,11H,(H2,9,12). The number of nitrogens with zero attached hydrogens (tertiary/aromatic N) is 1. The molecule has 1 unspecified atom stereocenters. The van der Waals surface area contributed by atoms with Crippen LogP contribution in [0.15, 0.2) is 22.8 Å². The molecule has 0 aromatic carbocycles. The molecule has 1 amide bonds. The minimum Gasteiger partial charge on any atom is -0.377 e. The fourth-order valence-electron chi connectivity index (χ4n) is 0.695. The molecule has 1 aromatic heterocycles. The highest BCUT2D eigenvalue weighted by Gasteiger charge is 2.14. The van der Waals surface area contributed by atoms with E-state index in [0.717, 1.165) is 4.47 Å². The first-order valence-corrected chi connectivity index (χ1v) is 3.99. The van der Waals surface area contributed by atoms with E-state index in [1.165, 1.54) is 12.3 Å². The number of carbonyl (C=O) groups excluding carboxylic acids is 1. The lowest BCUT2D eigenvalue weighted by Crippen LogP contribution is -2.21. The second-order valence-electron chi connectivity index (χ2n) is 2.21. The Morgan fingerprint density at radius 2 is 2.33 bits per heavy atom. The fraction of sp³-hybridized carbons (Fsp3) is 0.143. The van der Waals surface area contributed by atoms with Crippen LogP contribution in [-0.2, 0) is 4.79 Å². The topological polar surface area (TPSA) is 76.2 Å². The molecule has 0 spiro atoms. The van der Waals surface area contributed by atoms with E-state index in [1.54, 1.807) is 6.07 Å². The number of nitrogens with two attached hydrogens (primary N) is 1. The molecule has 0 radical (unpaired) electrons. The Morgan fingerprint density at radius 1 is 1.67 bits per heavy atom. The van der Waals surface area contributed by atoms with Gasteiger partial charge >= 0.3 is 0 Å². The summed E-state index contributed by atoms with van der Waals surface area (Å²) in [6.45, 7) is 0. The molecule has 5 heteroatoms. The zero-order valence-corrected chi connectivity index (χ0v) is 7.65. The van der Waals surface area contributed by atoms with E-state index >= 15 is 0 Å². The van der Waals surface area contributed by atoms with Crippen LogP contribution in [-0.4, -0.2) is 16.0 Å². The molecule has 0 saturated heterocycles. The molecule has 1 heterocycles. The molecule has 0 saturated carbocycles. The van der Waals surface area contributed by atoms with Crippen molar-refractivity contribution in [3.05, 3.63) is 28.5 Å². The number of hydrogen-bond donors (Lipinski definition) is 2. The number of rotatable bonds is 2. The summed E-state index contributed by atoms with van der Waals surface area (Å²) in [5.41, 5.74) is 5.12. The average molecular weight is 231 g/mol. The summed E-state index contributed by atoms with van der Waals surface area (Å²) < 4.78 is 0.780. The van der Waals surface area contributed by atoms with Crippen LogP contribution in [0.5, 0.6) is 0 Å². The maximum atomic E-state index is 10.5. The highest BCUT2D eigenvalue weighted by Crippen LogP contribution is 2.12. The number of aliphatic hydroxyl groups is 1. The third-order valence-corrected chi connectivity index (χ3v) is 1.77. The van der Waals surface area contributed by atoms with Gasteiger partial charge in [-0.25, -0.2) is 0 Å². The van der Waals surface area contributed by atoms with Crippen LogP contribution < -0.4 is 5.73 Å². The molecule has 3 N–H and O–H groups in total. The van der Waals surface area contributed by atoms with E-state index in [9.17, 15) is 4.79 Å². The summed E-state index contributed by atoms with van der Waals surface area (Å²) in [5.74, 6) is -0.801. The van der Waals surface area contributed by atoms with Gasteiger partial charge in [0.2, 0.25) is 0 Å². The van der Waals surface area contributed by atoms with Gasteiger partial charge in [0.15, 0.2) is 6.10 Å². The van der Waals surface area contributed by atoms with Gasteiger partial charge in [-0.05, 0) is 28.1 Å². The van der Waals surface area contributed by atoms with Crippen LogP contribution in [0.4, 0.5) is 0 Å². The molecule has 0 aliphatic rings. The average Bonchev–Trinajstić information content (AvgIpc) is 2.04. The first-order valence-electron chi connectivity index (χ1n) is 3.20. The van der Waals surface area contributed by atoms with Gasteiger partial charge in [-0.1, -0.05) is 0 Å². The van der Waals surface area contributed by atoms with Gasteiger partial charge in [-0.15, -0.1) is 0 Å². The van der Waals surface area contributed by atoms with Crippen LogP contribution in [0.2, 0.25) is 0 Å². The maximum absolute atomic E-state index is 10.5. The molecule has 0 fully saturated rings. The smallest absolute Gasteiger partial charge is 0.252 e. The van der Waals surface area contributed by atoms with Gasteiger partial charge in [-0.2, -0.15) is 0 Å². The molecular formula is C7H7BrN2O2. The van der Waals surface area contributed by atoms with E-state index in [1.807, 2.05) is 0 Å². The molecule has 4 nitrogen and oxygen atoms in total. The largest absolute Gasteiger partial charge is 0.377 e. The Hall–Kier alpha value is -0.940. The monoisotopic (exact) mass is 230 g/mol. The zero-order valence-electron chi connectivity index (χ0n) is 6.07. The van der Waals surface area contributed by atoms with Gasteiger partial charge in [0.25, 0.3) is 5.91 Å². The Morgan fingerprint density at radius 3 is 2.75 bits per heavy atom. The summed E-state index contributed by atoms with van der Waals surface area (Å²) in [7, 11) is 0. The van der Waals surface area contributed by atoms with Crippen molar-refractivity contribution in [2.75, 3.05) is 0 Å². The second-order valence-corrected chi connectivity index (χ2v) is 3.12. The lowest BCUT2D eigenvalue weighted by atomic mass is 10.2. The first-order chi connectivity index (χ1) is 5.61. The van der Waals surface area contributed by atoms with Crippen molar-refractivity contribution in [1.29, 1.82) is 0 Å². The SMILES string of the molecule is NC(=O)C(O)c1ccc(Br)cn1. The van der Waals surface area contributed by atoms with Gasteiger partial charge in [-0.3, -0.25) is 9.78 Å². The number of carbonyl (C=O) groups is 1. The van der Waals surface area contributed by atoms with Crippen LogP contribution in [0.25, 0.3) is 0 Å². The molecule has 64 valence electrons.